The fourth-order valence-electron chi connectivity index (χ4n) is 4.10. The maximum atomic E-state index is 11.6. The van der Waals surface area contributed by atoms with Gasteiger partial charge in [0.05, 0.1) is 41.5 Å². The highest BCUT2D eigenvalue weighted by Crippen LogP contribution is 2.26. The number of aliphatic imine (C=N–C) groups is 4. The second-order valence-corrected chi connectivity index (χ2v) is 11.2. The molecule has 1 N–H and O–H groups in total. The zero-order valence-corrected chi connectivity index (χ0v) is 29.6. The summed E-state index contributed by atoms with van der Waals surface area (Å²) in [7, 11) is 6.21. The number of rotatable bonds is 10. The van der Waals surface area contributed by atoms with Crippen molar-refractivity contribution < 1.29 is 38.0 Å². The van der Waals surface area contributed by atoms with Gasteiger partial charge >= 0.3 is 12.1 Å². The number of ether oxygens (including phenoxy) is 6. The van der Waals surface area contributed by atoms with E-state index in [9.17, 15) is 9.59 Å². The smallest absolute Gasteiger partial charge is 0.407 e. The lowest BCUT2D eigenvalue weighted by molar-refractivity contribution is -0.139. The second-order valence-electron chi connectivity index (χ2n) is 11.2. The van der Waals surface area contributed by atoms with E-state index in [2.05, 4.69) is 53.2 Å². The van der Waals surface area contributed by atoms with Crippen LogP contribution in [0.15, 0.2) is 50.4 Å². The third-order valence-electron chi connectivity index (χ3n) is 6.48. The van der Waals surface area contributed by atoms with E-state index < -0.39 is 17.2 Å². The molecule has 2 aliphatic rings. The molecular formula is C31H52N8O8. The van der Waals surface area contributed by atoms with Crippen LogP contribution >= 0.6 is 0 Å². The summed E-state index contributed by atoms with van der Waals surface area (Å²) in [4.78, 5) is 42.4. The summed E-state index contributed by atoms with van der Waals surface area (Å²) in [6.07, 6.45) is 2.48. The minimum atomic E-state index is -0.835. The first-order valence-electron chi connectivity index (χ1n) is 14.9. The molecule has 0 aliphatic carbocycles. The molecule has 2 heterocycles. The first kappa shape index (κ1) is 42.4. The quantitative estimate of drug-likeness (QED) is 0.114. The van der Waals surface area contributed by atoms with Crippen molar-refractivity contribution >= 4 is 35.7 Å². The zero-order chi connectivity index (χ0) is 36.2. The molecule has 2 rings (SSSR count). The number of esters is 1. The van der Waals surface area contributed by atoms with E-state index in [1.54, 1.807) is 21.1 Å². The number of hydrogen-bond donors (Lipinski definition) is 1. The van der Waals surface area contributed by atoms with Gasteiger partial charge in [0.15, 0.2) is 5.54 Å². The van der Waals surface area contributed by atoms with Crippen molar-refractivity contribution in [3.8, 4) is 0 Å². The van der Waals surface area contributed by atoms with Gasteiger partial charge in [-0.3, -0.25) is 4.79 Å². The van der Waals surface area contributed by atoms with E-state index >= 15 is 0 Å². The van der Waals surface area contributed by atoms with E-state index in [1.165, 1.54) is 33.3 Å². The summed E-state index contributed by atoms with van der Waals surface area (Å²) in [5, 5.41) is 6.21. The van der Waals surface area contributed by atoms with E-state index in [0.717, 1.165) is 0 Å². The third-order valence-corrected chi connectivity index (χ3v) is 6.48. The summed E-state index contributed by atoms with van der Waals surface area (Å²) in [5.74, 6) is 2.20. The molecule has 0 saturated carbocycles. The molecule has 2 aliphatic heterocycles. The molecule has 264 valence electrons. The lowest BCUT2D eigenvalue weighted by atomic mass is 9.97. The molecule has 0 aromatic heterocycles. The number of hydrogen-bond acceptors (Lipinski definition) is 13. The SMILES string of the molecule is C=CCOC(=O)NC[C@]1(C)N=C(OC)[C@@H](C(C)C)N=C1OC.C=CCOC(C)=O.COC1=N[C@@](C)(CN=[N+]=[N-])C(OC)=N[C@@H]1C(C)C. The summed E-state index contributed by atoms with van der Waals surface area (Å²) in [5.41, 5.74) is 6.80. The maximum absolute atomic E-state index is 11.6. The van der Waals surface area contributed by atoms with E-state index in [0.29, 0.717) is 30.2 Å². The van der Waals surface area contributed by atoms with Crippen LogP contribution in [0.4, 0.5) is 4.79 Å². The molecule has 16 heteroatoms. The summed E-state index contributed by atoms with van der Waals surface area (Å²) < 4.78 is 30.6. The first-order valence-corrected chi connectivity index (χ1v) is 14.9. The lowest BCUT2D eigenvalue weighted by Crippen LogP contribution is -2.51. The average Bonchev–Trinajstić information content (AvgIpc) is 3.04. The Morgan fingerprint density at radius 2 is 1.32 bits per heavy atom. The number of carbonyl (C=O) groups is 2. The fraction of sp³-hybridized carbons (Fsp3) is 0.677. The minimum Gasteiger partial charge on any atom is -0.483 e. The van der Waals surface area contributed by atoms with E-state index in [1.807, 2.05) is 34.6 Å². The average molecular weight is 665 g/mol. The van der Waals surface area contributed by atoms with E-state index in [-0.39, 0.29) is 49.6 Å². The number of carbonyl (C=O) groups excluding carboxylic acids is 2. The van der Waals surface area contributed by atoms with Gasteiger partial charge in [0.1, 0.15) is 30.8 Å². The fourth-order valence-corrected chi connectivity index (χ4v) is 4.10. The van der Waals surface area contributed by atoms with E-state index in [4.69, 9.17) is 29.2 Å². The summed E-state index contributed by atoms with van der Waals surface area (Å²) in [6, 6.07) is -0.357. The highest BCUT2D eigenvalue weighted by atomic mass is 16.5. The third kappa shape index (κ3) is 13.7. The highest BCUT2D eigenvalue weighted by Gasteiger charge is 2.41. The van der Waals surface area contributed by atoms with Crippen molar-refractivity contribution in [1.29, 1.82) is 0 Å². The molecule has 4 atom stereocenters. The predicted molar refractivity (Wildman–Crippen MR) is 182 cm³/mol. The van der Waals surface area contributed by atoms with Crippen LogP contribution in [-0.2, 0) is 33.2 Å². The van der Waals surface area contributed by atoms with Crippen molar-refractivity contribution in [3.05, 3.63) is 35.8 Å². The Balaban J connectivity index is 0.000000759. The van der Waals surface area contributed by atoms with Crippen molar-refractivity contribution in [2.45, 2.75) is 71.6 Å². The molecule has 0 radical (unpaired) electrons. The molecule has 1 amide bonds. The molecule has 0 unspecified atom stereocenters. The Bertz CT molecular complexity index is 1230. The molecule has 0 bridgehead atoms. The number of nitrogens with one attached hydrogen (secondary N) is 1. The number of nitrogens with zero attached hydrogens (tertiary/aromatic N) is 7. The Hall–Kier alpha value is -4.59. The Morgan fingerprint density at radius 3 is 1.68 bits per heavy atom. The maximum Gasteiger partial charge on any atom is 0.407 e. The normalized spacial score (nSPS) is 22.8. The van der Waals surface area contributed by atoms with Gasteiger partial charge in [-0.2, -0.15) is 0 Å². The van der Waals surface area contributed by atoms with Gasteiger partial charge in [-0.1, -0.05) is 58.1 Å². The topological polar surface area (TPSA) is 200 Å². The van der Waals surface area contributed by atoms with Gasteiger partial charge < -0.3 is 33.7 Å². The van der Waals surface area contributed by atoms with Gasteiger partial charge in [0.25, 0.3) is 0 Å². The van der Waals surface area contributed by atoms with Gasteiger partial charge in [-0.05, 0) is 31.2 Å². The van der Waals surface area contributed by atoms with Crippen LogP contribution < -0.4 is 5.32 Å². The van der Waals surface area contributed by atoms with Crippen LogP contribution in [0.5, 0.6) is 0 Å². The van der Waals surface area contributed by atoms with Crippen molar-refractivity contribution in [1.82, 2.24) is 5.32 Å². The van der Waals surface area contributed by atoms with Crippen LogP contribution in [0.25, 0.3) is 10.4 Å². The minimum absolute atomic E-state index is 0.147. The Labute approximate surface area is 278 Å². The number of alkyl carbamates (subject to hydrolysis) is 1. The number of azide groups is 1. The molecule has 47 heavy (non-hydrogen) atoms. The van der Waals surface area contributed by atoms with Crippen molar-refractivity contribution in [2.75, 3.05) is 54.7 Å². The van der Waals surface area contributed by atoms with Gasteiger partial charge in [0, 0.05) is 11.8 Å². The number of amides is 1. The molecule has 0 spiro atoms. The molecule has 0 saturated heterocycles. The Kier molecular flexibility index (Phi) is 19.2. The van der Waals surface area contributed by atoms with Crippen molar-refractivity contribution in [3.63, 3.8) is 0 Å². The summed E-state index contributed by atoms with van der Waals surface area (Å²) >= 11 is 0. The zero-order valence-electron chi connectivity index (χ0n) is 29.6. The molecule has 0 aromatic rings. The van der Waals surface area contributed by atoms with Crippen LogP contribution in [0.1, 0.15) is 48.5 Å². The molecule has 0 fully saturated rings. The molecular weight excluding hydrogens is 612 g/mol. The monoisotopic (exact) mass is 664 g/mol. The Morgan fingerprint density at radius 1 is 0.872 bits per heavy atom. The van der Waals surface area contributed by atoms with Gasteiger partial charge in [0.2, 0.25) is 23.6 Å². The van der Waals surface area contributed by atoms with Crippen LogP contribution in [0.2, 0.25) is 0 Å². The van der Waals surface area contributed by atoms with Gasteiger partial charge in [-0.25, -0.2) is 24.8 Å². The van der Waals surface area contributed by atoms with Crippen LogP contribution in [0.3, 0.4) is 0 Å². The lowest BCUT2D eigenvalue weighted by Gasteiger charge is -2.33. The highest BCUT2D eigenvalue weighted by molar-refractivity contribution is 5.97. The van der Waals surface area contributed by atoms with Crippen LogP contribution in [-0.4, -0.2) is 114 Å². The van der Waals surface area contributed by atoms with Gasteiger partial charge in [-0.15, -0.1) is 0 Å². The summed E-state index contributed by atoms with van der Waals surface area (Å²) in [6.45, 7) is 20.8. The second kappa shape index (κ2) is 21.3. The molecule has 0 aromatic carbocycles. The largest absolute Gasteiger partial charge is 0.483 e. The van der Waals surface area contributed by atoms with Crippen LogP contribution in [0, 0.1) is 11.8 Å². The standard InChI is InChI=1S/C15H25N3O4.C11H19N5O2.C5H8O2/c1-7-8-22-14(19)16-9-15(4)13(21-6)17-11(10(2)3)12(18-15)20-5;1-7(2)8-9(17-4)15-11(3,6-13-16-12)10(14-8)18-5;1-3-4-7-5(2)6/h7,10-11H,1,8-9H2,2-6H3,(H,16,19);7-8H,6H2,1-5H3;3H,1,4H2,2H3/t11-,15+;8-,11+;/m11./s1. The number of methoxy groups -OCH3 is 4. The van der Waals surface area contributed by atoms with Crippen molar-refractivity contribution in [2.24, 2.45) is 36.9 Å². The predicted octanol–water partition coefficient (Wildman–Crippen LogP) is 4.70. The molecule has 16 nitrogen and oxygen atoms in total. The first-order chi connectivity index (χ1) is 22.1.